The standard InChI is InChI=1S/C20H21N5O2/c1-15-19(25-9-3-2-4-18(25)22-15)20(26)23-21-14-16-5-7-17(8-6-16)24-10-12-27-13-11-24/h2-9,14H,10-13H2,1H3,(H,23,26)/b21-14-. The van der Waals surface area contributed by atoms with Crippen molar-refractivity contribution in [1.29, 1.82) is 0 Å². The Hall–Kier alpha value is -3.19. The van der Waals surface area contributed by atoms with Gasteiger partial charge in [0.15, 0.2) is 0 Å². The van der Waals surface area contributed by atoms with E-state index in [4.69, 9.17) is 4.74 Å². The van der Waals surface area contributed by atoms with Crippen LogP contribution in [0.3, 0.4) is 0 Å². The highest BCUT2D eigenvalue weighted by atomic mass is 16.5. The molecule has 3 heterocycles. The van der Waals surface area contributed by atoms with Gasteiger partial charge in [-0.05, 0) is 36.8 Å². The molecule has 0 spiro atoms. The molecule has 1 saturated heterocycles. The second-order valence-electron chi connectivity index (χ2n) is 6.36. The molecule has 1 aromatic carbocycles. The van der Waals surface area contributed by atoms with Crippen molar-refractivity contribution >= 4 is 23.5 Å². The van der Waals surface area contributed by atoms with Gasteiger partial charge in [0.05, 0.1) is 25.1 Å². The van der Waals surface area contributed by atoms with Crippen molar-refractivity contribution in [2.75, 3.05) is 31.2 Å². The number of hydrazone groups is 1. The van der Waals surface area contributed by atoms with Gasteiger partial charge in [0, 0.05) is 25.0 Å². The fourth-order valence-corrected chi connectivity index (χ4v) is 3.20. The molecule has 2 aromatic heterocycles. The third-order valence-corrected chi connectivity index (χ3v) is 4.57. The van der Waals surface area contributed by atoms with E-state index in [2.05, 4.69) is 32.5 Å². The van der Waals surface area contributed by atoms with Crippen LogP contribution in [0.25, 0.3) is 5.65 Å². The van der Waals surface area contributed by atoms with Gasteiger partial charge < -0.3 is 9.64 Å². The molecular formula is C20H21N5O2. The Bertz CT molecular complexity index is 972. The van der Waals surface area contributed by atoms with Gasteiger partial charge in [-0.15, -0.1) is 0 Å². The van der Waals surface area contributed by atoms with Gasteiger partial charge in [-0.1, -0.05) is 18.2 Å². The summed E-state index contributed by atoms with van der Waals surface area (Å²) < 4.78 is 7.14. The molecule has 0 atom stereocenters. The van der Waals surface area contributed by atoms with Gasteiger partial charge in [-0.3, -0.25) is 9.20 Å². The van der Waals surface area contributed by atoms with Crippen molar-refractivity contribution in [3.63, 3.8) is 0 Å². The fourth-order valence-electron chi connectivity index (χ4n) is 3.20. The van der Waals surface area contributed by atoms with Crippen LogP contribution in [0.4, 0.5) is 5.69 Å². The average Bonchev–Trinajstić information content (AvgIpc) is 3.05. The van der Waals surface area contributed by atoms with E-state index in [1.807, 2.05) is 43.5 Å². The van der Waals surface area contributed by atoms with Crippen molar-refractivity contribution in [3.05, 3.63) is 65.6 Å². The predicted molar refractivity (Wildman–Crippen MR) is 104 cm³/mol. The normalized spacial score (nSPS) is 14.8. The van der Waals surface area contributed by atoms with E-state index in [1.54, 1.807) is 10.6 Å². The molecule has 0 unspecified atom stereocenters. The first kappa shape index (κ1) is 17.2. The molecule has 0 aliphatic carbocycles. The Labute approximate surface area is 157 Å². The Morgan fingerprint density at radius 1 is 1.19 bits per heavy atom. The number of carbonyl (C=O) groups is 1. The lowest BCUT2D eigenvalue weighted by atomic mass is 10.2. The number of nitrogens with zero attached hydrogens (tertiary/aromatic N) is 4. The summed E-state index contributed by atoms with van der Waals surface area (Å²) >= 11 is 0. The number of fused-ring (bicyclic) bond motifs is 1. The largest absolute Gasteiger partial charge is 0.378 e. The Morgan fingerprint density at radius 2 is 1.96 bits per heavy atom. The van der Waals surface area contributed by atoms with E-state index < -0.39 is 0 Å². The molecule has 7 heteroatoms. The monoisotopic (exact) mass is 363 g/mol. The van der Waals surface area contributed by atoms with Gasteiger partial charge >= 0.3 is 0 Å². The van der Waals surface area contributed by atoms with Crippen molar-refractivity contribution in [3.8, 4) is 0 Å². The summed E-state index contributed by atoms with van der Waals surface area (Å²) in [6.45, 7) is 5.15. The molecule has 138 valence electrons. The van der Waals surface area contributed by atoms with Crippen molar-refractivity contribution in [2.24, 2.45) is 5.10 Å². The lowest BCUT2D eigenvalue weighted by Gasteiger charge is -2.28. The van der Waals surface area contributed by atoms with Crippen LogP contribution in [-0.2, 0) is 4.74 Å². The smallest absolute Gasteiger partial charge is 0.290 e. The SMILES string of the molecule is Cc1nc2ccccn2c1C(=O)N/N=C\c1ccc(N2CCOCC2)cc1. The molecule has 3 aromatic rings. The summed E-state index contributed by atoms with van der Waals surface area (Å²) in [5.41, 5.74) is 6.57. The Morgan fingerprint density at radius 3 is 2.74 bits per heavy atom. The van der Waals surface area contributed by atoms with Gasteiger partial charge in [-0.25, -0.2) is 10.4 Å². The first-order chi connectivity index (χ1) is 13.2. The highest BCUT2D eigenvalue weighted by Gasteiger charge is 2.15. The number of hydrogen-bond acceptors (Lipinski definition) is 5. The van der Waals surface area contributed by atoms with E-state index in [0.717, 1.165) is 37.5 Å². The summed E-state index contributed by atoms with van der Waals surface area (Å²) in [5, 5.41) is 4.09. The maximum Gasteiger partial charge on any atom is 0.290 e. The minimum absolute atomic E-state index is 0.285. The minimum Gasteiger partial charge on any atom is -0.378 e. The van der Waals surface area contributed by atoms with Gasteiger partial charge in [0.1, 0.15) is 11.3 Å². The molecule has 1 fully saturated rings. The number of aromatic nitrogens is 2. The molecule has 1 aliphatic rings. The van der Waals surface area contributed by atoms with Crippen LogP contribution in [0.15, 0.2) is 53.8 Å². The minimum atomic E-state index is -0.285. The number of morpholine rings is 1. The summed E-state index contributed by atoms with van der Waals surface area (Å²) in [5.74, 6) is -0.285. The van der Waals surface area contributed by atoms with Crippen LogP contribution < -0.4 is 10.3 Å². The maximum atomic E-state index is 12.5. The van der Waals surface area contributed by atoms with Crippen LogP contribution in [0.2, 0.25) is 0 Å². The third kappa shape index (κ3) is 3.68. The number of nitrogens with one attached hydrogen (secondary N) is 1. The number of rotatable bonds is 4. The highest BCUT2D eigenvalue weighted by molar-refractivity contribution is 5.95. The Kier molecular flexibility index (Phi) is 4.84. The fraction of sp³-hybridized carbons (Fsp3) is 0.250. The molecular weight excluding hydrogens is 342 g/mol. The van der Waals surface area contributed by atoms with Crippen LogP contribution in [0.1, 0.15) is 21.7 Å². The van der Waals surface area contributed by atoms with Gasteiger partial charge in [-0.2, -0.15) is 5.10 Å². The number of anilines is 1. The number of carbonyl (C=O) groups excluding carboxylic acids is 1. The number of pyridine rings is 1. The number of benzene rings is 1. The predicted octanol–water partition coefficient (Wildman–Crippen LogP) is 2.24. The number of ether oxygens (including phenoxy) is 1. The number of amides is 1. The van der Waals surface area contributed by atoms with Crippen molar-refractivity contribution < 1.29 is 9.53 Å². The first-order valence-electron chi connectivity index (χ1n) is 8.92. The average molecular weight is 363 g/mol. The van der Waals surface area contributed by atoms with E-state index >= 15 is 0 Å². The highest BCUT2D eigenvalue weighted by Crippen LogP contribution is 2.16. The molecule has 1 aliphatic heterocycles. The van der Waals surface area contributed by atoms with Crippen LogP contribution in [-0.4, -0.2) is 47.8 Å². The quantitative estimate of drug-likeness (QED) is 0.570. The maximum absolute atomic E-state index is 12.5. The van der Waals surface area contributed by atoms with E-state index in [1.165, 1.54) is 5.69 Å². The molecule has 4 rings (SSSR count). The van der Waals surface area contributed by atoms with Crippen LogP contribution in [0, 0.1) is 6.92 Å². The molecule has 1 N–H and O–H groups in total. The summed E-state index contributed by atoms with van der Waals surface area (Å²) in [7, 11) is 0. The van der Waals surface area contributed by atoms with E-state index in [9.17, 15) is 4.79 Å². The number of hydrogen-bond donors (Lipinski definition) is 1. The number of imidazole rings is 1. The van der Waals surface area contributed by atoms with Crippen LogP contribution in [0.5, 0.6) is 0 Å². The second kappa shape index (κ2) is 7.59. The lowest BCUT2D eigenvalue weighted by molar-refractivity contribution is 0.0948. The molecule has 0 bridgehead atoms. The Balaban J connectivity index is 1.42. The summed E-state index contributed by atoms with van der Waals surface area (Å²) in [6, 6.07) is 13.7. The molecule has 1 amide bonds. The van der Waals surface area contributed by atoms with Crippen molar-refractivity contribution in [2.45, 2.75) is 6.92 Å². The zero-order valence-corrected chi connectivity index (χ0v) is 15.1. The summed E-state index contributed by atoms with van der Waals surface area (Å²) in [6.07, 6.45) is 3.46. The molecule has 0 radical (unpaired) electrons. The van der Waals surface area contributed by atoms with E-state index in [0.29, 0.717) is 11.4 Å². The van der Waals surface area contributed by atoms with Crippen molar-refractivity contribution in [1.82, 2.24) is 14.8 Å². The zero-order valence-electron chi connectivity index (χ0n) is 15.1. The molecule has 0 saturated carbocycles. The second-order valence-corrected chi connectivity index (χ2v) is 6.36. The zero-order chi connectivity index (χ0) is 18.6. The number of aryl methyl sites for hydroxylation is 1. The third-order valence-electron chi connectivity index (χ3n) is 4.57. The lowest BCUT2D eigenvalue weighted by Crippen LogP contribution is -2.36. The van der Waals surface area contributed by atoms with E-state index in [-0.39, 0.29) is 5.91 Å². The molecule has 27 heavy (non-hydrogen) atoms. The topological polar surface area (TPSA) is 71.2 Å². The summed E-state index contributed by atoms with van der Waals surface area (Å²) in [4.78, 5) is 19.2. The first-order valence-corrected chi connectivity index (χ1v) is 8.92. The van der Waals surface area contributed by atoms with Gasteiger partial charge in [0.2, 0.25) is 0 Å². The van der Waals surface area contributed by atoms with Gasteiger partial charge in [0.25, 0.3) is 5.91 Å². The molecule has 7 nitrogen and oxygen atoms in total. The van der Waals surface area contributed by atoms with Crippen LogP contribution >= 0.6 is 0 Å².